The molecule has 15 aromatic rings. The average Bonchev–Trinajstić information content (AvgIpc) is 3.38. The van der Waals surface area contributed by atoms with E-state index in [1.54, 1.807) is 0 Å². The first kappa shape index (κ1) is 45.5. The largest absolute Gasteiger partial charge is 0.311 e. The Morgan fingerprint density at radius 3 is 1.29 bits per heavy atom. The Kier molecular flexibility index (Phi) is 9.13. The van der Waals surface area contributed by atoms with Crippen molar-refractivity contribution < 1.29 is 0 Å². The topological polar surface area (TPSA) is 23.0 Å². The first-order chi connectivity index (χ1) is 39.0. The van der Waals surface area contributed by atoms with E-state index in [-0.39, 0.29) is 17.5 Å². The van der Waals surface area contributed by atoms with Crippen LogP contribution >= 0.6 is 0 Å². The Bertz CT molecular complexity index is 5070. The Hall–Kier alpha value is -9.52. The molecule has 0 radical (unpaired) electrons. The van der Waals surface area contributed by atoms with Gasteiger partial charge in [-0.25, -0.2) is 0 Å². The molecule has 17 rings (SSSR count). The number of nitrogens with zero attached hydrogens (tertiary/aromatic N) is 5. The number of hydrogen-bond acceptors (Lipinski definition) is 1. The van der Waals surface area contributed by atoms with Crippen LogP contribution in [0, 0.1) is 0 Å². The molecule has 0 unspecified atom stereocenters. The lowest BCUT2D eigenvalue weighted by Crippen LogP contribution is -2.60. The maximum absolute atomic E-state index is 2.61. The van der Waals surface area contributed by atoms with Gasteiger partial charge in [-0.1, -0.05) is 175 Å². The summed E-state index contributed by atoms with van der Waals surface area (Å²) < 4.78 is 10.3. The molecule has 0 fully saturated rings. The van der Waals surface area contributed by atoms with E-state index in [4.69, 9.17) is 0 Å². The van der Waals surface area contributed by atoms with Crippen LogP contribution in [0.3, 0.4) is 0 Å². The van der Waals surface area contributed by atoms with Crippen LogP contribution in [-0.2, 0) is 10.8 Å². The highest BCUT2D eigenvalue weighted by Crippen LogP contribution is 2.51. The van der Waals surface area contributed by atoms with E-state index in [1.807, 2.05) is 0 Å². The van der Waals surface area contributed by atoms with Crippen LogP contribution in [0.2, 0.25) is 0 Å². The number of hydrogen-bond donors (Lipinski definition) is 0. The summed E-state index contributed by atoms with van der Waals surface area (Å²) in [4.78, 5) is 2.56. The maximum atomic E-state index is 2.61. The highest BCUT2D eigenvalue weighted by Gasteiger charge is 2.43. The van der Waals surface area contributed by atoms with Crippen LogP contribution < -0.4 is 21.3 Å². The Morgan fingerprint density at radius 2 is 0.750 bits per heavy atom. The molecule has 0 amide bonds. The van der Waals surface area contributed by atoms with Gasteiger partial charge in [0.25, 0.3) is 6.71 Å². The molecule has 0 aliphatic carbocycles. The van der Waals surface area contributed by atoms with Gasteiger partial charge in [-0.3, -0.25) is 0 Å². The fourth-order valence-electron chi connectivity index (χ4n) is 14.5. The van der Waals surface area contributed by atoms with E-state index in [0.29, 0.717) is 0 Å². The number of aromatic nitrogens is 4. The van der Waals surface area contributed by atoms with Crippen molar-refractivity contribution in [3.05, 3.63) is 242 Å². The minimum Gasteiger partial charge on any atom is -0.311 e. The number of para-hydroxylation sites is 6. The standard InChI is InChI=1S/C74H56BN5/c1-73(2,3)45-37-40-61-54(41-45)55-42-46(74(4,5)6)43-57-69(55)80(61)63-36-22-35-62-68(63)75(57)56-39-38-50(44-64(56)76(62)47-23-10-7-11-24-47)79-60-34-21-18-31-53(60)67-71-65(51-29-16-19-32-58(51)77(71)48-25-12-8-13-26-48)70-66(72(67)79)52-30-17-20-33-59(52)78(70)49-27-14-9-15-28-49/h7-44H,1-6H3. The summed E-state index contributed by atoms with van der Waals surface area (Å²) in [5.41, 5.74) is 24.5. The lowest BCUT2D eigenvalue weighted by molar-refractivity contribution is 0.590. The lowest BCUT2D eigenvalue weighted by atomic mass is 9.33. The number of rotatable bonds is 4. The summed E-state index contributed by atoms with van der Waals surface area (Å²) >= 11 is 0. The van der Waals surface area contributed by atoms with Crippen molar-refractivity contribution in [2.24, 2.45) is 0 Å². The monoisotopic (exact) mass is 1030 g/mol. The van der Waals surface area contributed by atoms with Gasteiger partial charge < -0.3 is 23.2 Å². The third-order valence-corrected chi connectivity index (χ3v) is 18.0. The molecule has 5 nitrogen and oxygen atoms in total. The van der Waals surface area contributed by atoms with Crippen molar-refractivity contribution in [1.82, 2.24) is 18.3 Å². The molecule has 0 atom stereocenters. The van der Waals surface area contributed by atoms with Gasteiger partial charge >= 0.3 is 0 Å². The summed E-state index contributed by atoms with van der Waals surface area (Å²) in [7, 11) is 0. The fourth-order valence-corrected chi connectivity index (χ4v) is 14.5. The van der Waals surface area contributed by atoms with Gasteiger partial charge in [0.05, 0.1) is 38.6 Å². The van der Waals surface area contributed by atoms with Crippen LogP contribution in [-0.4, -0.2) is 25.0 Å². The number of anilines is 3. The van der Waals surface area contributed by atoms with E-state index in [2.05, 4.69) is 295 Å². The minimum atomic E-state index is -0.0822. The Morgan fingerprint density at radius 1 is 0.287 bits per heavy atom. The molecular formula is C74H56BN5. The summed E-state index contributed by atoms with van der Waals surface area (Å²) in [6.45, 7) is 14.1. The molecule has 0 N–H and O–H groups in total. The van der Waals surface area contributed by atoms with E-state index < -0.39 is 0 Å². The van der Waals surface area contributed by atoms with Crippen LogP contribution in [0.15, 0.2) is 231 Å². The van der Waals surface area contributed by atoms with Crippen LogP contribution in [0.25, 0.3) is 110 Å². The first-order valence-electron chi connectivity index (χ1n) is 28.3. The molecule has 2 aliphatic heterocycles. The molecule has 4 aromatic heterocycles. The molecule has 6 heteroatoms. The SMILES string of the molecule is CC(C)(C)c1ccc2c(c1)c1cc(C(C)(C)C)cc3c1n2-c1cccc2c1B3c1ccc(-n3c4ccccc4c4c5c(c6ccccc6n5-c5ccccc5)c5c(c6ccccc6n5-c5ccccc5)c43)cc1N2c1ccccc1. The van der Waals surface area contributed by atoms with Gasteiger partial charge in [0, 0.05) is 88.4 Å². The van der Waals surface area contributed by atoms with Crippen molar-refractivity contribution in [3.8, 4) is 22.7 Å². The van der Waals surface area contributed by atoms with Gasteiger partial charge in [-0.2, -0.15) is 0 Å². The van der Waals surface area contributed by atoms with E-state index in [9.17, 15) is 0 Å². The summed E-state index contributed by atoms with van der Waals surface area (Å²) in [5, 5.41) is 10.0. The summed E-state index contributed by atoms with van der Waals surface area (Å²) in [5.74, 6) is 0. The molecule has 2 aliphatic rings. The van der Waals surface area contributed by atoms with Crippen molar-refractivity contribution >= 4 is 127 Å². The maximum Gasteiger partial charge on any atom is 0.252 e. The zero-order chi connectivity index (χ0) is 53.5. The zero-order valence-corrected chi connectivity index (χ0v) is 45.8. The molecule has 0 bridgehead atoms. The number of fused-ring (bicyclic) bond motifs is 19. The predicted molar refractivity (Wildman–Crippen MR) is 341 cm³/mol. The molecule has 6 heterocycles. The highest BCUT2D eigenvalue weighted by atomic mass is 15.2. The van der Waals surface area contributed by atoms with Gasteiger partial charge in [-0.15, -0.1) is 0 Å². The quantitative estimate of drug-likeness (QED) is 0.161. The number of benzene rings is 11. The van der Waals surface area contributed by atoms with Crippen LogP contribution in [0.1, 0.15) is 52.7 Å². The molecule has 0 saturated carbocycles. The first-order valence-corrected chi connectivity index (χ1v) is 28.3. The Balaban J connectivity index is 1.04. The van der Waals surface area contributed by atoms with E-state index in [1.165, 1.54) is 132 Å². The van der Waals surface area contributed by atoms with E-state index >= 15 is 0 Å². The van der Waals surface area contributed by atoms with Gasteiger partial charge in [0.2, 0.25) is 0 Å². The highest BCUT2D eigenvalue weighted by molar-refractivity contribution is 7.00. The molecular weight excluding hydrogens is 970 g/mol. The molecule has 380 valence electrons. The molecule has 11 aromatic carbocycles. The van der Waals surface area contributed by atoms with Gasteiger partial charge in [0.1, 0.15) is 0 Å². The molecule has 80 heavy (non-hydrogen) atoms. The zero-order valence-electron chi connectivity index (χ0n) is 45.8. The van der Waals surface area contributed by atoms with Crippen molar-refractivity contribution in [2.45, 2.75) is 52.4 Å². The minimum absolute atomic E-state index is 0.00402. The van der Waals surface area contributed by atoms with Crippen molar-refractivity contribution in [2.75, 3.05) is 4.90 Å². The second-order valence-corrected chi connectivity index (χ2v) is 24.5. The fraction of sp³-hybridized carbons (Fsp3) is 0.108. The summed E-state index contributed by atoms with van der Waals surface area (Å²) in [6.07, 6.45) is 0. The lowest BCUT2D eigenvalue weighted by Gasteiger charge is -2.40. The normalized spacial score (nSPS) is 13.3. The molecule has 0 spiro atoms. The van der Waals surface area contributed by atoms with Crippen LogP contribution in [0.4, 0.5) is 17.1 Å². The van der Waals surface area contributed by atoms with Crippen molar-refractivity contribution in [3.63, 3.8) is 0 Å². The third-order valence-electron chi connectivity index (χ3n) is 18.0. The predicted octanol–water partition coefficient (Wildman–Crippen LogP) is 17.3. The Labute approximate surface area is 464 Å². The van der Waals surface area contributed by atoms with Gasteiger partial charge in [-0.05, 0) is 135 Å². The van der Waals surface area contributed by atoms with Crippen molar-refractivity contribution in [1.29, 1.82) is 0 Å². The average molecular weight is 1030 g/mol. The second kappa shape index (κ2) is 16.1. The third kappa shape index (κ3) is 6.03. The van der Waals surface area contributed by atoms with E-state index in [0.717, 1.165) is 22.7 Å². The summed E-state index contributed by atoms with van der Waals surface area (Å²) in [6, 6.07) is 87.1. The smallest absolute Gasteiger partial charge is 0.252 e. The van der Waals surface area contributed by atoms with Gasteiger partial charge in [0.15, 0.2) is 0 Å². The van der Waals surface area contributed by atoms with Crippen LogP contribution in [0.5, 0.6) is 0 Å². The second-order valence-electron chi connectivity index (χ2n) is 24.5. The molecule has 0 saturated heterocycles.